The maximum Gasteiger partial charge on any atom is 0.402 e. The maximum atomic E-state index is 13.7. The van der Waals surface area contributed by atoms with E-state index in [9.17, 15) is 22.8 Å². The van der Waals surface area contributed by atoms with Crippen molar-refractivity contribution in [2.75, 3.05) is 44.2 Å². The molecule has 2 N–H and O–H groups in total. The number of piperazine rings is 1. The summed E-state index contributed by atoms with van der Waals surface area (Å²) in [6.07, 6.45) is -2.57. The number of anilines is 1. The fraction of sp³-hybridized carbons (Fsp3) is 0.375. The molecule has 6 rings (SSSR count). The lowest BCUT2D eigenvalue weighted by atomic mass is 9.95. The number of pyridine rings is 1. The first-order valence-corrected chi connectivity index (χ1v) is 14.8. The molecule has 45 heavy (non-hydrogen) atoms. The van der Waals surface area contributed by atoms with Crippen LogP contribution in [0.2, 0.25) is 0 Å². The van der Waals surface area contributed by atoms with Gasteiger partial charge in [-0.1, -0.05) is 24.3 Å². The van der Waals surface area contributed by atoms with Gasteiger partial charge < -0.3 is 14.5 Å². The van der Waals surface area contributed by atoms with Crippen LogP contribution in [0.25, 0.3) is 0 Å². The highest BCUT2D eigenvalue weighted by Gasteiger charge is 2.53. The number of amides is 2. The average Bonchev–Trinajstić information content (AvgIpc) is 3.49. The highest BCUT2D eigenvalue weighted by Crippen LogP contribution is 2.37. The van der Waals surface area contributed by atoms with E-state index in [0.717, 1.165) is 22.5 Å². The number of benzene rings is 2. The van der Waals surface area contributed by atoms with Crippen LogP contribution in [0.1, 0.15) is 32.6 Å². The zero-order valence-corrected chi connectivity index (χ0v) is 24.4. The SMILES string of the molecule is N#Cc1ccc(N2CCN(C(=O)c3cccc(OCCc4cccc5c4CN(C4CNNC(=O)C4C(F)(F)F)C5)c3)CC2)nc1. The normalized spacial score (nSPS) is 20.4. The number of carbonyl (C=O) groups is 2. The number of halogens is 3. The molecule has 2 unspecified atom stereocenters. The lowest BCUT2D eigenvalue weighted by molar-refractivity contribution is -0.201. The fourth-order valence-electron chi connectivity index (χ4n) is 6.26. The Hall–Kier alpha value is -4.67. The Morgan fingerprint density at radius 2 is 1.87 bits per heavy atom. The van der Waals surface area contributed by atoms with E-state index < -0.39 is 24.0 Å². The van der Waals surface area contributed by atoms with E-state index in [1.54, 1.807) is 46.3 Å². The number of ether oxygens (including phenoxy) is 1. The van der Waals surface area contributed by atoms with Crippen molar-refractivity contribution in [3.8, 4) is 11.8 Å². The Balaban J connectivity index is 1.04. The zero-order chi connectivity index (χ0) is 31.6. The third-order valence-corrected chi connectivity index (χ3v) is 8.61. The predicted octanol–water partition coefficient (Wildman–Crippen LogP) is 3.03. The molecule has 0 saturated carbocycles. The van der Waals surface area contributed by atoms with Crippen LogP contribution < -0.4 is 20.5 Å². The first kappa shape index (κ1) is 30.4. The van der Waals surface area contributed by atoms with Crippen molar-refractivity contribution < 1.29 is 27.5 Å². The molecular weight excluding hydrogens is 587 g/mol. The predicted molar refractivity (Wildman–Crippen MR) is 158 cm³/mol. The van der Waals surface area contributed by atoms with Gasteiger partial charge in [0.15, 0.2) is 5.92 Å². The van der Waals surface area contributed by atoms with Crippen molar-refractivity contribution in [3.63, 3.8) is 0 Å². The topological polar surface area (TPSA) is 114 Å². The first-order chi connectivity index (χ1) is 21.7. The Bertz CT molecular complexity index is 1600. The Labute approximate surface area is 258 Å². The lowest BCUT2D eigenvalue weighted by Gasteiger charge is -2.38. The summed E-state index contributed by atoms with van der Waals surface area (Å²) in [4.78, 5) is 35.3. The van der Waals surface area contributed by atoms with Gasteiger partial charge in [-0.05, 0) is 47.0 Å². The molecule has 3 aliphatic heterocycles. The van der Waals surface area contributed by atoms with Crippen LogP contribution in [0.3, 0.4) is 0 Å². The molecule has 2 amide bonds. The van der Waals surface area contributed by atoms with E-state index in [1.807, 2.05) is 24.3 Å². The van der Waals surface area contributed by atoms with Crippen LogP contribution in [-0.2, 0) is 24.3 Å². The van der Waals surface area contributed by atoms with Gasteiger partial charge >= 0.3 is 6.18 Å². The number of hydrogen-bond donors (Lipinski definition) is 2. The number of aromatic nitrogens is 1. The van der Waals surface area contributed by atoms with Crippen molar-refractivity contribution in [2.24, 2.45) is 5.92 Å². The second-order valence-electron chi connectivity index (χ2n) is 11.3. The number of alkyl halides is 3. The lowest BCUT2D eigenvalue weighted by Crippen LogP contribution is -2.63. The van der Waals surface area contributed by atoms with Gasteiger partial charge in [0.25, 0.3) is 5.91 Å². The number of hydrazine groups is 1. The van der Waals surface area contributed by atoms with Gasteiger partial charge in [-0.25, -0.2) is 10.4 Å². The molecule has 3 aromatic rings. The van der Waals surface area contributed by atoms with Crippen molar-refractivity contribution >= 4 is 17.6 Å². The Kier molecular flexibility index (Phi) is 8.60. The molecule has 2 fully saturated rings. The van der Waals surface area contributed by atoms with E-state index in [-0.39, 0.29) is 12.5 Å². The minimum absolute atomic E-state index is 0.00142. The summed E-state index contributed by atoms with van der Waals surface area (Å²) < 4.78 is 47.3. The average molecular weight is 620 g/mol. The van der Waals surface area contributed by atoms with Gasteiger partial charge in [0.05, 0.1) is 12.2 Å². The molecule has 10 nitrogen and oxygen atoms in total. The van der Waals surface area contributed by atoms with E-state index in [1.165, 1.54) is 0 Å². The van der Waals surface area contributed by atoms with E-state index in [2.05, 4.69) is 26.8 Å². The van der Waals surface area contributed by atoms with E-state index >= 15 is 0 Å². The molecule has 3 aliphatic rings. The molecule has 2 atom stereocenters. The largest absolute Gasteiger partial charge is 0.493 e. The van der Waals surface area contributed by atoms with Crippen LogP contribution in [0.4, 0.5) is 19.0 Å². The highest BCUT2D eigenvalue weighted by atomic mass is 19.4. The summed E-state index contributed by atoms with van der Waals surface area (Å²) in [7, 11) is 0. The molecule has 4 heterocycles. The summed E-state index contributed by atoms with van der Waals surface area (Å²) in [6.45, 7) is 3.29. The van der Waals surface area contributed by atoms with Gasteiger partial charge in [0.2, 0.25) is 5.91 Å². The Morgan fingerprint density at radius 1 is 1.07 bits per heavy atom. The molecule has 13 heteroatoms. The number of carbonyl (C=O) groups excluding carboxylic acids is 2. The van der Waals surface area contributed by atoms with Crippen molar-refractivity contribution in [3.05, 3.63) is 88.6 Å². The number of nitrogens with one attached hydrogen (secondary N) is 2. The summed E-state index contributed by atoms with van der Waals surface area (Å²) in [6, 6.07) is 17.4. The maximum absolute atomic E-state index is 13.7. The molecule has 0 bridgehead atoms. The summed E-state index contributed by atoms with van der Waals surface area (Å²) in [5.41, 5.74) is 8.64. The third kappa shape index (κ3) is 6.57. The zero-order valence-electron chi connectivity index (χ0n) is 24.4. The van der Waals surface area contributed by atoms with Crippen LogP contribution in [0.15, 0.2) is 60.8 Å². The smallest absolute Gasteiger partial charge is 0.402 e. The number of nitrogens with zero attached hydrogens (tertiary/aromatic N) is 5. The van der Waals surface area contributed by atoms with Crippen molar-refractivity contribution in [1.29, 1.82) is 5.26 Å². The van der Waals surface area contributed by atoms with Crippen LogP contribution in [-0.4, -0.2) is 78.1 Å². The molecule has 0 aliphatic carbocycles. The van der Waals surface area contributed by atoms with E-state index in [4.69, 9.17) is 10.00 Å². The molecule has 234 valence electrons. The highest BCUT2D eigenvalue weighted by molar-refractivity contribution is 5.94. The van der Waals surface area contributed by atoms with Crippen molar-refractivity contribution in [2.45, 2.75) is 31.7 Å². The molecule has 1 aromatic heterocycles. The summed E-state index contributed by atoms with van der Waals surface area (Å²) in [5, 5.41) is 8.98. The monoisotopic (exact) mass is 619 g/mol. The van der Waals surface area contributed by atoms with Crippen molar-refractivity contribution in [1.82, 2.24) is 25.6 Å². The quantitative estimate of drug-likeness (QED) is 0.415. The van der Waals surface area contributed by atoms with Gasteiger partial charge in [0, 0.05) is 70.0 Å². The minimum atomic E-state index is -4.64. The number of nitriles is 1. The molecule has 0 spiro atoms. The van der Waals surface area contributed by atoms with Gasteiger partial charge in [-0.15, -0.1) is 0 Å². The number of fused-ring (bicyclic) bond motifs is 1. The number of hydrogen-bond acceptors (Lipinski definition) is 8. The molecule has 2 aromatic carbocycles. The second kappa shape index (κ2) is 12.7. The van der Waals surface area contributed by atoms with Crippen LogP contribution >= 0.6 is 0 Å². The molecule has 2 saturated heterocycles. The van der Waals surface area contributed by atoms with Crippen LogP contribution in [0.5, 0.6) is 5.75 Å². The van der Waals surface area contributed by atoms with E-state index in [0.29, 0.717) is 69.2 Å². The second-order valence-corrected chi connectivity index (χ2v) is 11.3. The molecule has 0 radical (unpaired) electrons. The summed E-state index contributed by atoms with van der Waals surface area (Å²) in [5.74, 6) is -1.91. The first-order valence-electron chi connectivity index (χ1n) is 14.8. The van der Waals surface area contributed by atoms with Gasteiger partial charge in [0.1, 0.15) is 17.6 Å². The number of rotatable bonds is 7. The fourth-order valence-corrected chi connectivity index (χ4v) is 6.26. The summed E-state index contributed by atoms with van der Waals surface area (Å²) >= 11 is 0. The molecular formula is C32H32F3N7O3. The van der Waals surface area contributed by atoms with Crippen LogP contribution in [0, 0.1) is 17.2 Å². The standard InChI is InChI=1S/C32H32F3N7O3/c33-32(34,35)29-27(18-38-39-30(29)43)42-19-24-5-1-3-22(26(24)20-42)9-14-45-25-6-2-4-23(15-25)31(44)41-12-10-40(11-13-41)28-8-7-21(16-36)17-37-28/h1-8,15,17,27,29,38H,9-14,18-20H2,(H,39,43). The van der Waals surface area contributed by atoms with Gasteiger partial charge in [-0.2, -0.15) is 18.4 Å². The third-order valence-electron chi connectivity index (χ3n) is 8.61. The minimum Gasteiger partial charge on any atom is -0.493 e. The van der Waals surface area contributed by atoms with Gasteiger partial charge in [-0.3, -0.25) is 19.9 Å². The Morgan fingerprint density at radius 3 is 2.60 bits per heavy atom.